The Balaban J connectivity index is 2.04. The topological polar surface area (TPSA) is 66.4 Å². The molecule has 1 atom stereocenters. The van der Waals surface area contributed by atoms with Gasteiger partial charge < -0.3 is 5.11 Å². The van der Waals surface area contributed by atoms with Gasteiger partial charge in [-0.25, -0.2) is 13.1 Å². The molecule has 0 spiro atoms. The van der Waals surface area contributed by atoms with E-state index in [0.29, 0.717) is 11.3 Å². The Labute approximate surface area is 120 Å². The Bertz CT molecular complexity index is 616. The molecule has 4 nitrogen and oxygen atoms in total. The normalized spacial score (nSPS) is 13.6. The zero-order valence-corrected chi connectivity index (χ0v) is 12.8. The Morgan fingerprint density at radius 2 is 2.21 bits per heavy atom. The van der Waals surface area contributed by atoms with Gasteiger partial charge in [0.2, 0.25) is 10.0 Å². The standard InChI is InChI=1S/C12H15NO3S3/c1-9(4-10-2-3-17-7-10)13-19(15,16)12-5-11(6-14)18-8-12/h2-3,5,7-9,13-14H,4,6H2,1H3. The van der Waals surface area contributed by atoms with Gasteiger partial charge in [0.1, 0.15) is 0 Å². The number of aliphatic hydroxyl groups is 1. The monoisotopic (exact) mass is 317 g/mol. The number of sulfonamides is 1. The fourth-order valence-electron chi connectivity index (χ4n) is 1.72. The number of hydrogen-bond acceptors (Lipinski definition) is 5. The van der Waals surface area contributed by atoms with Crippen molar-refractivity contribution in [2.75, 3.05) is 0 Å². The summed E-state index contributed by atoms with van der Waals surface area (Å²) in [6, 6.07) is 3.32. The van der Waals surface area contributed by atoms with E-state index in [1.54, 1.807) is 16.7 Å². The van der Waals surface area contributed by atoms with E-state index in [4.69, 9.17) is 5.11 Å². The van der Waals surface area contributed by atoms with Gasteiger partial charge in [0.05, 0.1) is 11.5 Å². The molecule has 0 saturated heterocycles. The third-order valence-electron chi connectivity index (χ3n) is 2.57. The highest BCUT2D eigenvalue weighted by atomic mass is 32.2. The van der Waals surface area contributed by atoms with Crippen LogP contribution in [0.4, 0.5) is 0 Å². The van der Waals surface area contributed by atoms with E-state index in [9.17, 15) is 8.42 Å². The molecular weight excluding hydrogens is 302 g/mol. The van der Waals surface area contributed by atoms with Crippen LogP contribution in [0.1, 0.15) is 17.4 Å². The summed E-state index contributed by atoms with van der Waals surface area (Å²) >= 11 is 2.84. The second-order valence-electron chi connectivity index (χ2n) is 4.26. The molecule has 7 heteroatoms. The quantitative estimate of drug-likeness (QED) is 0.858. The van der Waals surface area contributed by atoms with Gasteiger partial charge >= 0.3 is 0 Å². The van der Waals surface area contributed by atoms with E-state index < -0.39 is 10.0 Å². The molecule has 0 aliphatic carbocycles. The summed E-state index contributed by atoms with van der Waals surface area (Å²) in [4.78, 5) is 0.865. The van der Waals surface area contributed by atoms with E-state index in [2.05, 4.69) is 4.72 Å². The van der Waals surface area contributed by atoms with Gasteiger partial charge in [-0.15, -0.1) is 11.3 Å². The van der Waals surface area contributed by atoms with Crippen LogP contribution in [0.5, 0.6) is 0 Å². The Kier molecular flexibility index (Phi) is 4.75. The molecule has 0 aliphatic rings. The number of thiophene rings is 2. The van der Waals surface area contributed by atoms with Crippen LogP contribution in [0.3, 0.4) is 0 Å². The largest absolute Gasteiger partial charge is 0.391 e. The van der Waals surface area contributed by atoms with Crippen LogP contribution in [-0.4, -0.2) is 19.6 Å². The lowest BCUT2D eigenvalue weighted by Crippen LogP contribution is -2.33. The summed E-state index contributed by atoms with van der Waals surface area (Å²) in [6.45, 7) is 1.71. The molecule has 2 aromatic heterocycles. The van der Waals surface area contributed by atoms with Crippen LogP contribution in [0, 0.1) is 0 Å². The lowest BCUT2D eigenvalue weighted by atomic mass is 10.1. The van der Waals surface area contributed by atoms with Crippen LogP contribution in [0.15, 0.2) is 33.2 Å². The highest BCUT2D eigenvalue weighted by Crippen LogP contribution is 2.19. The minimum Gasteiger partial charge on any atom is -0.391 e. The minimum atomic E-state index is -3.50. The van der Waals surface area contributed by atoms with Crippen molar-refractivity contribution in [3.05, 3.63) is 38.7 Å². The molecule has 0 bridgehead atoms. The first-order valence-corrected chi connectivity index (χ1v) is 9.03. The second kappa shape index (κ2) is 6.15. The average Bonchev–Trinajstić information content (AvgIpc) is 2.97. The predicted octanol–water partition coefficient (Wildman–Crippen LogP) is 2.21. The molecule has 0 radical (unpaired) electrons. The highest BCUT2D eigenvalue weighted by Gasteiger charge is 2.19. The Hall–Kier alpha value is -0.730. The molecule has 0 aromatic carbocycles. The summed E-state index contributed by atoms with van der Waals surface area (Å²) in [7, 11) is -3.50. The van der Waals surface area contributed by atoms with Crippen LogP contribution >= 0.6 is 22.7 Å². The van der Waals surface area contributed by atoms with Gasteiger partial charge in [0, 0.05) is 16.3 Å². The molecule has 0 amide bonds. The third-order valence-corrected chi connectivity index (χ3v) is 5.95. The zero-order chi connectivity index (χ0) is 13.9. The van der Waals surface area contributed by atoms with Crippen molar-refractivity contribution in [1.82, 2.24) is 4.72 Å². The number of hydrogen-bond donors (Lipinski definition) is 2. The fourth-order valence-corrected chi connectivity index (χ4v) is 4.78. The first-order chi connectivity index (χ1) is 9.01. The van der Waals surface area contributed by atoms with E-state index in [1.807, 2.05) is 23.8 Å². The first kappa shape index (κ1) is 14.7. The SMILES string of the molecule is CC(Cc1ccsc1)NS(=O)(=O)c1csc(CO)c1. The maximum absolute atomic E-state index is 12.1. The van der Waals surface area contributed by atoms with Gasteiger partial charge in [0.25, 0.3) is 0 Å². The first-order valence-electron chi connectivity index (χ1n) is 5.73. The van der Waals surface area contributed by atoms with Crippen LogP contribution < -0.4 is 4.72 Å². The molecule has 0 saturated carbocycles. The van der Waals surface area contributed by atoms with E-state index in [-0.39, 0.29) is 17.5 Å². The van der Waals surface area contributed by atoms with Gasteiger partial charge in [-0.3, -0.25) is 0 Å². The molecule has 2 aromatic rings. The lowest BCUT2D eigenvalue weighted by molar-refractivity contribution is 0.285. The molecule has 0 fully saturated rings. The molecular formula is C12H15NO3S3. The van der Waals surface area contributed by atoms with E-state index in [1.165, 1.54) is 17.4 Å². The van der Waals surface area contributed by atoms with Crippen molar-refractivity contribution in [3.63, 3.8) is 0 Å². The highest BCUT2D eigenvalue weighted by molar-refractivity contribution is 7.89. The molecule has 1 unspecified atom stereocenters. The van der Waals surface area contributed by atoms with Gasteiger partial charge in [0.15, 0.2) is 0 Å². The molecule has 19 heavy (non-hydrogen) atoms. The van der Waals surface area contributed by atoms with Crippen molar-refractivity contribution < 1.29 is 13.5 Å². The van der Waals surface area contributed by atoms with Crippen molar-refractivity contribution in [2.24, 2.45) is 0 Å². The lowest BCUT2D eigenvalue weighted by Gasteiger charge is -2.12. The summed E-state index contributed by atoms with van der Waals surface area (Å²) in [5.74, 6) is 0. The summed E-state index contributed by atoms with van der Waals surface area (Å²) in [5, 5.41) is 14.5. The molecule has 0 aliphatic heterocycles. The second-order valence-corrected chi connectivity index (χ2v) is 7.75. The summed E-state index contributed by atoms with van der Waals surface area (Å²) in [6.07, 6.45) is 0.666. The van der Waals surface area contributed by atoms with Gasteiger partial charge in [-0.05, 0) is 41.8 Å². The van der Waals surface area contributed by atoms with Crippen molar-refractivity contribution in [3.8, 4) is 0 Å². The van der Waals surface area contributed by atoms with Gasteiger partial charge in [-0.1, -0.05) is 0 Å². The maximum atomic E-state index is 12.1. The minimum absolute atomic E-state index is 0.134. The van der Waals surface area contributed by atoms with Crippen LogP contribution in [0.2, 0.25) is 0 Å². The summed E-state index contributed by atoms with van der Waals surface area (Å²) < 4.78 is 26.9. The van der Waals surface area contributed by atoms with Crippen molar-refractivity contribution in [1.29, 1.82) is 0 Å². The van der Waals surface area contributed by atoms with E-state index >= 15 is 0 Å². The Morgan fingerprint density at radius 3 is 2.79 bits per heavy atom. The fraction of sp³-hybridized carbons (Fsp3) is 0.333. The molecule has 2 heterocycles. The smallest absolute Gasteiger partial charge is 0.241 e. The molecule has 104 valence electrons. The third kappa shape index (κ3) is 3.87. The van der Waals surface area contributed by atoms with Crippen LogP contribution in [-0.2, 0) is 23.1 Å². The maximum Gasteiger partial charge on any atom is 0.241 e. The average molecular weight is 317 g/mol. The van der Waals surface area contributed by atoms with Crippen molar-refractivity contribution in [2.45, 2.75) is 30.9 Å². The molecule has 2 N–H and O–H groups in total. The molecule has 2 rings (SSSR count). The van der Waals surface area contributed by atoms with Gasteiger partial charge in [-0.2, -0.15) is 11.3 Å². The number of aliphatic hydroxyl groups excluding tert-OH is 1. The number of nitrogens with one attached hydrogen (secondary N) is 1. The number of rotatable bonds is 6. The van der Waals surface area contributed by atoms with Crippen molar-refractivity contribution >= 4 is 32.7 Å². The zero-order valence-electron chi connectivity index (χ0n) is 10.4. The predicted molar refractivity (Wildman–Crippen MR) is 78.0 cm³/mol. The van der Waals surface area contributed by atoms with Crippen LogP contribution in [0.25, 0.3) is 0 Å². The Morgan fingerprint density at radius 1 is 1.42 bits per heavy atom. The summed E-state index contributed by atoms with van der Waals surface area (Å²) in [5.41, 5.74) is 1.13. The van der Waals surface area contributed by atoms with E-state index in [0.717, 1.165) is 5.56 Å².